The van der Waals surface area contributed by atoms with Crippen LogP contribution in [0.3, 0.4) is 0 Å². The molecule has 0 radical (unpaired) electrons. The van der Waals surface area contributed by atoms with Gasteiger partial charge in [-0.15, -0.1) is 0 Å². The van der Waals surface area contributed by atoms with E-state index in [4.69, 9.17) is 5.21 Å². The van der Waals surface area contributed by atoms with Gasteiger partial charge in [0.15, 0.2) is 0 Å². The van der Waals surface area contributed by atoms with Crippen molar-refractivity contribution in [2.24, 2.45) is 0 Å². The van der Waals surface area contributed by atoms with Crippen LogP contribution in [0.4, 0.5) is 5.69 Å². The number of hydroxylamine groups is 1. The Labute approximate surface area is 136 Å². The molecule has 0 spiro atoms. The molecule has 0 aliphatic rings. The molecule has 2 aromatic rings. The van der Waals surface area contributed by atoms with E-state index < -0.39 is 5.91 Å². The molecular weight excluding hydrogens is 290 g/mol. The molecule has 0 bridgehead atoms. The lowest BCUT2D eigenvalue weighted by Crippen LogP contribution is -2.14. The second kappa shape index (κ2) is 8.10. The highest BCUT2D eigenvalue weighted by atomic mass is 16.5. The van der Waals surface area contributed by atoms with Crippen molar-refractivity contribution in [3.8, 4) is 0 Å². The molecule has 5 heteroatoms. The Balaban J connectivity index is 2.05. The van der Waals surface area contributed by atoms with Crippen molar-refractivity contribution in [3.05, 3.63) is 65.5 Å². The molecule has 0 fully saturated rings. The largest absolute Gasteiger partial charge is 0.380 e. The van der Waals surface area contributed by atoms with E-state index in [1.807, 2.05) is 36.5 Å². The van der Waals surface area contributed by atoms with Crippen molar-refractivity contribution in [1.29, 1.82) is 0 Å². The zero-order valence-corrected chi connectivity index (χ0v) is 13.3. The average molecular weight is 311 g/mol. The lowest BCUT2D eigenvalue weighted by atomic mass is 10.1. The summed E-state index contributed by atoms with van der Waals surface area (Å²) in [4.78, 5) is 15.5. The Kier molecular flexibility index (Phi) is 5.88. The van der Waals surface area contributed by atoms with Gasteiger partial charge in [-0.2, -0.15) is 0 Å². The monoisotopic (exact) mass is 311 g/mol. The van der Waals surface area contributed by atoms with Gasteiger partial charge in [0.1, 0.15) is 0 Å². The molecule has 2 rings (SSSR count). The van der Waals surface area contributed by atoms with Gasteiger partial charge in [-0.05, 0) is 35.3 Å². The van der Waals surface area contributed by atoms with Crippen LogP contribution in [-0.2, 0) is 11.3 Å². The minimum atomic E-state index is -0.562. The number of rotatable bonds is 6. The molecule has 0 saturated heterocycles. The maximum Gasteiger partial charge on any atom is 0.267 e. The van der Waals surface area contributed by atoms with E-state index in [9.17, 15) is 4.79 Å². The maximum absolute atomic E-state index is 11.1. The molecule has 3 N–H and O–H groups in total. The number of aromatic nitrogens is 1. The third kappa shape index (κ3) is 4.93. The Hall–Kier alpha value is -2.66. The van der Waals surface area contributed by atoms with Gasteiger partial charge in [0.05, 0.1) is 0 Å². The van der Waals surface area contributed by atoms with E-state index >= 15 is 0 Å². The fourth-order valence-corrected chi connectivity index (χ4v) is 2.09. The number of para-hydroxylation sites is 1. The Morgan fingerprint density at radius 1 is 1.26 bits per heavy atom. The fraction of sp³-hybridized carbons (Fsp3) is 0.222. The van der Waals surface area contributed by atoms with Crippen LogP contribution in [0.1, 0.15) is 36.6 Å². The quantitative estimate of drug-likeness (QED) is 0.434. The number of carbonyl (C=O) groups is 1. The van der Waals surface area contributed by atoms with Crippen molar-refractivity contribution in [2.45, 2.75) is 26.3 Å². The lowest BCUT2D eigenvalue weighted by molar-refractivity contribution is -0.124. The summed E-state index contributed by atoms with van der Waals surface area (Å²) in [5.74, 6) is -0.145. The standard InChI is InChI=1S/C18H21N3O2/c1-13(2)16-9-7-14(11-19-16)12-20-17-6-4-3-5-15(17)8-10-18(22)21-23/h3-11,13,20,23H,12H2,1-2H3,(H,21,22)/b10-8+. The molecule has 0 aliphatic heterocycles. The summed E-state index contributed by atoms with van der Waals surface area (Å²) >= 11 is 0. The number of carbonyl (C=O) groups excluding carboxylic acids is 1. The van der Waals surface area contributed by atoms with Crippen LogP contribution in [0.2, 0.25) is 0 Å². The second-order valence-corrected chi connectivity index (χ2v) is 5.50. The Morgan fingerprint density at radius 2 is 2.04 bits per heavy atom. The van der Waals surface area contributed by atoms with Crippen LogP contribution < -0.4 is 10.8 Å². The number of anilines is 1. The van der Waals surface area contributed by atoms with E-state index in [0.29, 0.717) is 12.5 Å². The number of nitrogens with zero attached hydrogens (tertiary/aromatic N) is 1. The molecule has 0 aliphatic carbocycles. The van der Waals surface area contributed by atoms with Gasteiger partial charge < -0.3 is 5.32 Å². The predicted octanol–water partition coefficient (Wildman–Crippen LogP) is 3.34. The number of pyridine rings is 1. The molecule has 1 amide bonds. The van der Waals surface area contributed by atoms with Crippen LogP contribution in [0.15, 0.2) is 48.7 Å². The third-order valence-electron chi connectivity index (χ3n) is 3.41. The molecule has 1 aromatic heterocycles. The normalized spacial score (nSPS) is 11.0. The Bertz CT molecular complexity index is 679. The smallest absolute Gasteiger partial charge is 0.267 e. The first-order valence-electron chi connectivity index (χ1n) is 7.50. The van der Waals surface area contributed by atoms with Gasteiger partial charge in [0.2, 0.25) is 0 Å². The van der Waals surface area contributed by atoms with Crippen LogP contribution >= 0.6 is 0 Å². The van der Waals surface area contributed by atoms with Gasteiger partial charge >= 0.3 is 0 Å². The number of nitrogens with one attached hydrogen (secondary N) is 2. The summed E-state index contributed by atoms with van der Waals surface area (Å²) in [6, 6.07) is 11.7. The lowest BCUT2D eigenvalue weighted by Gasteiger charge is -2.10. The molecule has 0 atom stereocenters. The first-order valence-corrected chi connectivity index (χ1v) is 7.50. The molecule has 1 aromatic carbocycles. The number of benzene rings is 1. The molecule has 0 unspecified atom stereocenters. The van der Waals surface area contributed by atoms with Gasteiger partial charge in [-0.3, -0.25) is 15.0 Å². The average Bonchev–Trinajstić information content (AvgIpc) is 2.58. The number of hydrogen-bond donors (Lipinski definition) is 3. The van der Waals surface area contributed by atoms with Crippen LogP contribution in [0, 0.1) is 0 Å². The minimum Gasteiger partial charge on any atom is -0.380 e. The van der Waals surface area contributed by atoms with E-state index in [2.05, 4.69) is 30.2 Å². The SMILES string of the molecule is CC(C)c1ccc(CNc2ccccc2/C=C/C(=O)NO)cn1. The molecule has 120 valence electrons. The summed E-state index contributed by atoms with van der Waals surface area (Å²) < 4.78 is 0. The van der Waals surface area contributed by atoms with Crippen molar-refractivity contribution >= 4 is 17.7 Å². The Morgan fingerprint density at radius 3 is 2.70 bits per heavy atom. The van der Waals surface area contributed by atoms with Crippen molar-refractivity contribution in [2.75, 3.05) is 5.32 Å². The van der Waals surface area contributed by atoms with Gasteiger partial charge in [-0.25, -0.2) is 5.48 Å². The van der Waals surface area contributed by atoms with E-state index in [-0.39, 0.29) is 0 Å². The highest BCUT2D eigenvalue weighted by Crippen LogP contribution is 2.18. The summed E-state index contributed by atoms with van der Waals surface area (Å²) in [6.07, 6.45) is 4.80. The highest BCUT2D eigenvalue weighted by Gasteiger charge is 2.02. The summed E-state index contributed by atoms with van der Waals surface area (Å²) in [7, 11) is 0. The second-order valence-electron chi connectivity index (χ2n) is 5.50. The number of amides is 1. The van der Waals surface area contributed by atoms with Crippen molar-refractivity contribution in [1.82, 2.24) is 10.5 Å². The molecule has 0 saturated carbocycles. The zero-order valence-electron chi connectivity index (χ0n) is 13.3. The summed E-state index contributed by atoms with van der Waals surface area (Å²) in [6.45, 7) is 4.87. The third-order valence-corrected chi connectivity index (χ3v) is 3.41. The van der Waals surface area contributed by atoms with E-state index in [1.165, 1.54) is 6.08 Å². The minimum absolute atomic E-state index is 0.417. The van der Waals surface area contributed by atoms with Gasteiger partial charge in [0.25, 0.3) is 5.91 Å². The van der Waals surface area contributed by atoms with E-state index in [0.717, 1.165) is 22.5 Å². The summed E-state index contributed by atoms with van der Waals surface area (Å²) in [5, 5.41) is 11.9. The first-order chi connectivity index (χ1) is 11.1. The highest BCUT2D eigenvalue weighted by molar-refractivity contribution is 5.91. The zero-order chi connectivity index (χ0) is 16.7. The summed E-state index contributed by atoms with van der Waals surface area (Å²) in [5.41, 5.74) is 5.50. The first kappa shape index (κ1) is 16.7. The maximum atomic E-state index is 11.1. The van der Waals surface area contributed by atoms with Gasteiger partial charge in [0, 0.05) is 30.2 Å². The molecule has 1 heterocycles. The van der Waals surface area contributed by atoms with Crippen LogP contribution in [0.5, 0.6) is 0 Å². The predicted molar refractivity (Wildman–Crippen MR) is 91.1 cm³/mol. The van der Waals surface area contributed by atoms with Crippen molar-refractivity contribution < 1.29 is 10.0 Å². The molecule has 23 heavy (non-hydrogen) atoms. The van der Waals surface area contributed by atoms with Crippen LogP contribution in [0.25, 0.3) is 6.08 Å². The topological polar surface area (TPSA) is 74.2 Å². The van der Waals surface area contributed by atoms with Gasteiger partial charge in [-0.1, -0.05) is 38.1 Å². The van der Waals surface area contributed by atoms with Crippen LogP contribution in [-0.4, -0.2) is 16.1 Å². The van der Waals surface area contributed by atoms with E-state index in [1.54, 1.807) is 11.6 Å². The number of hydrogen-bond acceptors (Lipinski definition) is 4. The van der Waals surface area contributed by atoms with Crippen molar-refractivity contribution in [3.63, 3.8) is 0 Å². The fourth-order valence-electron chi connectivity index (χ4n) is 2.09. The molecular formula is C18H21N3O2. The molecule has 5 nitrogen and oxygen atoms in total.